The summed E-state index contributed by atoms with van der Waals surface area (Å²) in [4.78, 5) is 28.7. The van der Waals surface area contributed by atoms with E-state index in [1.165, 1.54) is 30.7 Å². The van der Waals surface area contributed by atoms with Crippen LogP contribution in [0.3, 0.4) is 0 Å². The highest BCUT2D eigenvalue weighted by molar-refractivity contribution is 7.89. The lowest BCUT2D eigenvalue weighted by molar-refractivity contribution is -0.176. The van der Waals surface area contributed by atoms with Crippen LogP contribution in [0.4, 0.5) is 10.1 Å². The van der Waals surface area contributed by atoms with E-state index in [0.29, 0.717) is 17.7 Å². The molecule has 36 heavy (non-hydrogen) atoms. The van der Waals surface area contributed by atoms with Crippen LogP contribution in [-0.4, -0.2) is 64.6 Å². The van der Waals surface area contributed by atoms with Crippen molar-refractivity contribution in [2.75, 3.05) is 32.7 Å². The Balaban J connectivity index is 1.73. The predicted molar refractivity (Wildman–Crippen MR) is 129 cm³/mol. The van der Waals surface area contributed by atoms with E-state index in [1.54, 1.807) is 42.3 Å². The number of aryl methyl sites for hydroxylation is 1. The second kappa shape index (κ2) is 8.27. The lowest BCUT2D eigenvalue weighted by Crippen LogP contribution is -2.68. The number of hydrogen-bond donors (Lipinski definition) is 0. The number of benzene rings is 2. The summed E-state index contributed by atoms with van der Waals surface area (Å²) in [5, 5.41) is 0. The van der Waals surface area contributed by atoms with E-state index in [0.717, 1.165) is 5.56 Å². The van der Waals surface area contributed by atoms with E-state index in [2.05, 4.69) is 0 Å². The second-order valence-electron chi connectivity index (χ2n) is 9.90. The number of hydrogen-bond acceptors (Lipinski definition) is 7. The van der Waals surface area contributed by atoms with Gasteiger partial charge in [0.1, 0.15) is 5.82 Å². The fraction of sp³-hybridized carbons (Fsp3) is 0.462. The van der Waals surface area contributed by atoms with Gasteiger partial charge in [0.15, 0.2) is 5.41 Å². The topological polar surface area (TPSA) is 93.2 Å². The second-order valence-corrected chi connectivity index (χ2v) is 11.8. The molecule has 0 radical (unpaired) electrons. The zero-order valence-corrected chi connectivity index (χ0v) is 21.5. The van der Waals surface area contributed by atoms with Crippen LogP contribution in [-0.2, 0) is 34.5 Å². The quantitative estimate of drug-likeness (QED) is 0.456. The summed E-state index contributed by atoms with van der Waals surface area (Å²) < 4.78 is 54.1. The number of nitrogens with zero attached hydrogens (tertiary/aromatic N) is 2. The van der Waals surface area contributed by atoms with Gasteiger partial charge in [-0.2, -0.15) is 4.31 Å². The lowest BCUT2D eigenvalue weighted by atomic mass is 9.55. The van der Waals surface area contributed by atoms with Crippen molar-refractivity contribution in [1.29, 1.82) is 0 Å². The summed E-state index contributed by atoms with van der Waals surface area (Å²) in [7, 11) is 0.283. The van der Waals surface area contributed by atoms with Gasteiger partial charge in [-0.3, -0.25) is 9.59 Å². The van der Waals surface area contributed by atoms with Gasteiger partial charge in [-0.1, -0.05) is 17.7 Å². The van der Waals surface area contributed by atoms with Crippen molar-refractivity contribution in [3.05, 3.63) is 59.4 Å². The number of halogens is 1. The van der Waals surface area contributed by atoms with Gasteiger partial charge in [0.25, 0.3) is 0 Å². The molecule has 1 saturated heterocycles. The number of carbonyl (C=O) groups excluding carboxylic acids is 2. The minimum atomic E-state index is -3.90. The molecular formula is C26H29FN2O6S. The molecule has 1 saturated carbocycles. The van der Waals surface area contributed by atoms with Crippen molar-refractivity contribution in [3.63, 3.8) is 0 Å². The maximum Gasteiger partial charge on any atom is 0.325 e. The summed E-state index contributed by atoms with van der Waals surface area (Å²) >= 11 is 0. The van der Waals surface area contributed by atoms with E-state index in [4.69, 9.17) is 9.47 Å². The number of fused-ring (bicyclic) bond motifs is 1. The SMILES string of the molecule is COC(=O)C1(C(=O)OC)CC[C@H]2N(S(=O)(=O)c3ccc(C)cc3)CC[C@@]23c2cc(F)ccc2N(C)[C@@H]13. The molecule has 3 aliphatic rings. The first-order chi connectivity index (χ1) is 17.0. The number of esters is 2. The number of carbonyl (C=O) groups is 2. The Hall–Kier alpha value is -2.98. The molecule has 2 fully saturated rings. The Bertz CT molecular complexity index is 1330. The Morgan fingerprint density at radius 2 is 1.67 bits per heavy atom. The van der Waals surface area contributed by atoms with Gasteiger partial charge in [-0.15, -0.1) is 0 Å². The number of rotatable bonds is 4. The number of methoxy groups -OCH3 is 2. The predicted octanol–water partition coefficient (Wildman–Crippen LogP) is 2.78. The molecule has 3 atom stereocenters. The van der Waals surface area contributed by atoms with Gasteiger partial charge in [0, 0.05) is 30.7 Å². The average molecular weight is 517 g/mol. The largest absolute Gasteiger partial charge is 0.468 e. The Labute approximate surface area is 210 Å². The van der Waals surface area contributed by atoms with Crippen molar-refractivity contribution < 1.29 is 31.9 Å². The smallest absolute Gasteiger partial charge is 0.325 e. The zero-order valence-electron chi connectivity index (χ0n) is 20.7. The molecule has 1 spiro atoms. The van der Waals surface area contributed by atoms with Crippen LogP contribution in [0.15, 0.2) is 47.4 Å². The molecule has 1 aliphatic carbocycles. The summed E-state index contributed by atoms with van der Waals surface area (Å²) in [6.45, 7) is 2.05. The van der Waals surface area contributed by atoms with E-state index in [1.807, 2.05) is 6.92 Å². The number of sulfonamides is 1. The Morgan fingerprint density at radius 3 is 2.28 bits per heavy atom. The van der Waals surface area contributed by atoms with Crippen LogP contribution in [0.5, 0.6) is 0 Å². The summed E-state index contributed by atoms with van der Waals surface area (Å²) in [6.07, 6.45) is 0.545. The molecule has 192 valence electrons. The van der Waals surface area contributed by atoms with E-state index < -0.39 is 50.7 Å². The van der Waals surface area contributed by atoms with Crippen LogP contribution in [0.2, 0.25) is 0 Å². The van der Waals surface area contributed by atoms with Gasteiger partial charge in [-0.05, 0) is 62.1 Å². The molecule has 2 aliphatic heterocycles. The van der Waals surface area contributed by atoms with Crippen molar-refractivity contribution >= 4 is 27.6 Å². The van der Waals surface area contributed by atoms with Crippen LogP contribution in [0, 0.1) is 18.2 Å². The van der Waals surface area contributed by atoms with E-state index >= 15 is 0 Å². The van der Waals surface area contributed by atoms with Gasteiger partial charge < -0.3 is 14.4 Å². The molecule has 0 N–H and O–H groups in total. The van der Waals surface area contributed by atoms with Crippen LogP contribution in [0.25, 0.3) is 0 Å². The summed E-state index contributed by atoms with van der Waals surface area (Å²) in [5.41, 5.74) is -0.538. The highest BCUT2D eigenvalue weighted by Crippen LogP contribution is 2.63. The monoisotopic (exact) mass is 516 g/mol. The molecular weight excluding hydrogens is 487 g/mol. The first-order valence-corrected chi connectivity index (χ1v) is 13.3. The number of likely N-dealkylation sites (N-methyl/N-ethyl adjacent to an activating group) is 1. The highest BCUT2D eigenvalue weighted by Gasteiger charge is 2.73. The normalized spacial score (nSPS) is 26.6. The minimum absolute atomic E-state index is 0.0319. The van der Waals surface area contributed by atoms with Gasteiger partial charge >= 0.3 is 11.9 Å². The number of anilines is 1. The van der Waals surface area contributed by atoms with Crippen LogP contribution in [0.1, 0.15) is 30.4 Å². The third-order valence-corrected chi connectivity index (χ3v) is 10.3. The zero-order chi connectivity index (χ0) is 26.0. The van der Waals surface area contributed by atoms with Crippen molar-refractivity contribution in [2.24, 2.45) is 5.41 Å². The minimum Gasteiger partial charge on any atom is -0.468 e. The molecule has 0 bridgehead atoms. The first-order valence-electron chi connectivity index (χ1n) is 11.8. The highest BCUT2D eigenvalue weighted by atomic mass is 32.2. The molecule has 2 aromatic rings. The van der Waals surface area contributed by atoms with Gasteiger partial charge in [0.2, 0.25) is 10.0 Å². The van der Waals surface area contributed by atoms with E-state index in [9.17, 15) is 22.4 Å². The molecule has 0 unspecified atom stereocenters. The van der Waals surface area contributed by atoms with Gasteiger partial charge in [-0.25, -0.2) is 12.8 Å². The molecule has 8 nitrogen and oxygen atoms in total. The lowest BCUT2D eigenvalue weighted by Gasteiger charge is -2.52. The fourth-order valence-corrected chi connectivity index (χ4v) is 8.72. The fourth-order valence-electron chi connectivity index (χ4n) is 7.01. The Morgan fingerprint density at radius 1 is 1.03 bits per heavy atom. The Kier molecular flexibility index (Phi) is 5.68. The molecule has 0 aromatic heterocycles. The standard InChI is InChI=1S/C26H29FN2O6S/c1-16-5-8-18(9-6-16)36(32,33)29-14-13-25-19-15-17(27)7-10-20(19)28(2)22(25)26(23(30)34-3,24(31)35-4)12-11-21(25)29/h5-10,15,21-22H,11-14H2,1-4H3/t21-,22-,25-/m1/s1. The van der Waals surface area contributed by atoms with Crippen LogP contribution >= 0.6 is 0 Å². The van der Waals surface area contributed by atoms with Crippen molar-refractivity contribution in [1.82, 2.24) is 4.31 Å². The molecule has 2 heterocycles. The maximum atomic E-state index is 14.6. The molecule has 10 heteroatoms. The maximum absolute atomic E-state index is 14.6. The van der Waals surface area contributed by atoms with Crippen molar-refractivity contribution in [3.8, 4) is 0 Å². The molecule has 0 amide bonds. The third-order valence-electron chi connectivity index (χ3n) is 8.41. The number of ether oxygens (including phenoxy) is 2. The molecule has 5 rings (SSSR count). The van der Waals surface area contributed by atoms with Crippen LogP contribution < -0.4 is 4.90 Å². The van der Waals surface area contributed by atoms with E-state index in [-0.39, 0.29) is 24.3 Å². The van der Waals surface area contributed by atoms with Crippen molar-refractivity contribution in [2.45, 2.75) is 48.6 Å². The summed E-state index contributed by atoms with van der Waals surface area (Å²) in [6, 6.07) is 9.59. The van der Waals surface area contributed by atoms with Gasteiger partial charge in [0.05, 0.1) is 25.2 Å². The molecule has 2 aromatic carbocycles. The average Bonchev–Trinajstić information content (AvgIpc) is 3.38. The first kappa shape index (κ1) is 24.7. The summed E-state index contributed by atoms with van der Waals surface area (Å²) in [5.74, 6) is -1.95. The third kappa shape index (κ3) is 3.03.